The van der Waals surface area contributed by atoms with Crippen LogP contribution in [-0.2, 0) is 42.2 Å². The van der Waals surface area contributed by atoms with Crippen molar-refractivity contribution in [3.8, 4) is 0 Å². The molecular weight excluding hydrogens is 362 g/mol. The maximum atomic E-state index is 12.4. The highest BCUT2D eigenvalue weighted by Crippen LogP contribution is 2.18. The van der Waals surface area contributed by atoms with E-state index in [1.54, 1.807) is 20.9 Å². The van der Waals surface area contributed by atoms with E-state index in [1.807, 2.05) is 47.8 Å². The quantitative estimate of drug-likeness (QED) is 0.705. The van der Waals surface area contributed by atoms with Crippen molar-refractivity contribution in [1.29, 1.82) is 0 Å². The van der Waals surface area contributed by atoms with Crippen molar-refractivity contribution in [2.75, 3.05) is 0 Å². The molecule has 138 valence electrons. The first-order valence-electron chi connectivity index (χ1n) is 8.71. The van der Waals surface area contributed by atoms with Gasteiger partial charge in [0.05, 0.1) is 25.2 Å². The predicted molar refractivity (Wildman–Crippen MR) is 101 cm³/mol. The van der Waals surface area contributed by atoms with Gasteiger partial charge in [0.15, 0.2) is 0 Å². The summed E-state index contributed by atoms with van der Waals surface area (Å²) in [5.41, 5.74) is 2.67. The molecule has 1 aliphatic heterocycles. The first-order chi connectivity index (χ1) is 13.2. The third-order valence-electron chi connectivity index (χ3n) is 4.48. The second-order valence-corrected chi connectivity index (χ2v) is 7.44. The lowest BCUT2D eigenvalue weighted by Gasteiger charge is -2.27. The molecule has 2 aromatic heterocycles. The van der Waals surface area contributed by atoms with Crippen molar-refractivity contribution < 1.29 is 9.59 Å². The summed E-state index contributed by atoms with van der Waals surface area (Å²) >= 11 is 1.56. The Labute approximate surface area is 160 Å². The number of hydrogen-bond acceptors (Lipinski definition) is 5. The van der Waals surface area contributed by atoms with Crippen molar-refractivity contribution in [2.24, 2.45) is 0 Å². The molecule has 0 spiro atoms. The lowest BCUT2D eigenvalue weighted by Crippen LogP contribution is -2.39. The number of carbonyl (C=O) groups excluding carboxylic acids is 2. The largest absolute Gasteiger partial charge is 0.350 e. The standard InChI is InChI=1S/C19H19N5O2S/c25-18(9-15-7-4-8-27-15)20-10-16-17-12-23(11-14-5-2-1-3-6-14)19(26)13-24(17)22-21-16/h1-8H,9-13H2,(H,20,25). The van der Waals surface area contributed by atoms with Crippen molar-refractivity contribution in [3.05, 3.63) is 69.7 Å². The molecule has 0 atom stereocenters. The average Bonchev–Trinajstić information content (AvgIpc) is 3.31. The number of fused-ring (bicyclic) bond motifs is 1. The number of aromatic nitrogens is 3. The lowest BCUT2D eigenvalue weighted by molar-refractivity contribution is -0.135. The third-order valence-corrected chi connectivity index (χ3v) is 5.36. The molecule has 0 aliphatic carbocycles. The van der Waals surface area contributed by atoms with Crippen molar-refractivity contribution in [3.63, 3.8) is 0 Å². The van der Waals surface area contributed by atoms with Gasteiger partial charge in [-0.25, -0.2) is 4.68 Å². The SMILES string of the molecule is O=C(Cc1cccs1)NCc1nnn2c1CN(Cc1ccccc1)C(=O)C2. The number of amides is 2. The molecule has 27 heavy (non-hydrogen) atoms. The molecule has 0 saturated carbocycles. The van der Waals surface area contributed by atoms with Crippen LogP contribution in [0.15, 0.2) is 47.8 Å². The topological polar surface area (TPSA) is 80.1 Å². The fourth-order valence-electron chi connectivity index (χ4n) is 3.07. The van der Waals surface area contributed by atoms with Crippen LogP contribution in [0.25, 0.3) is 0 Å². The summed E-state index contributed by atoms with van der Waals surface area (Å²) < 4.78 is 1.63. The van der Waals surface area contributed by atoms with E-state index in [9.17, 15) is 9.59 Å². The van der Waals surface area contributed by atoms with E-state index in [-0.39, 0.29) is 18.4 Å². The van der Waals surface area contributed by atoms with Crippen molar-refractivity contribution in [1.82, 2.24) is 25.2 Å². The summed E-state index contributed by atoms with van der Waals surface area (Å²) in [7, 11) is 0. The van der Waals surface area contributed by atoms with Crippen LogP contribution < -0.4 is 5.32 Å². The van der Waals surface area contributed by atoms with Gasteiger partial charge in [0.2, 0.25) is 11.8 Å². The number of carbonyl (C=O) groups is 2. The summed E-state index contributed by atoms with van der Waals surface area (Å²) in [5, 5.41) is 13.1. The van der Waals surface area contributed by atoms with E-state index in [2.05, 4.69) is 15.6 Å². The molecule has 0 saturated heterocycles. The normalized spacial score (nSPS) is 13.5. The Balaban J connectivity index is 1.41. The van der Waals surface area contributed by atoms with Crippen LogP contribution in [0.3, 0.4) is 0 Å². The number of nitrogens with zero attached hydrogens (tertiary/aromatic N) is 4. The van der Waals surface area contributed by atoms with Crippen LogP contribution in [0, 0.1) is 0 Å². The summed E-state index contributed by atoms with van der Waals surface area (Å²) in [4.78, 5) is 27.3. The van der Waals surface area contributed by atoms with Gasteiger partial charge in [0, 0.05) is 11.4 Å². The highest BCUT2D eigenvalue weighted by Gasteiger charge is 2.27. The van der Waals surface area contributed by atoms with Gasteiger partial charge in [-0.15, -0.1) is 16.4 Å². The van der Waals surface area contributed by atoms with Crippen LogP contribution in [0.5, 0.6) is 0 Å². The molecule has 2 amide bonds. The monoisotopic (exact) mass is 381 g/mol. The zero-order valence-electron chi connectivity index (χ0n) is 14.7. The van der Waals surface area contributed by atoms with Gasteiger partial charge in [0.25, 0.3) is 0 Å². The second-order valence-electron chi connectivity index (χ2n) is 6.41. The molecule has 3 aromatic rings. The van der Waals surface area contributed by atoms with E-state index in [0.29, 0.717) is 31.7 Å². The molecule has 0 bridgehead atoms. The fraction of sp³-hybridized carbons (Fsp3) is 0.263. The van der Waals surface area contributed by atoms with Crippen molar-refractivity contribution in [2.45, 2.75) is 32.6 Å². The van der Waals surface area contributed by atoms with E-state index < -0.39 is 0 Å². The van der Waals surface area contributed by atoms with Gasteiger partial charge in [0.1, 0.15) is 12.2 Å². The van der Waals surface area contributed by atoms with Crippen LogP contribution >= 0.6 is 11.3 Å². The summed E-state index contributed by atoms with van der Waals surface area (Å²) in [6, 6.07) is 13.8. The molecule has 1 N–H and O–H groups in total. The smallest absolute Gasteiger partial charge is 0.245 e. The Kier molecular flexibility index (Phi) is 4.97. The number of thiophene rings is 1. The molecule has 1 aromatic carbocycles. The lowest BCUT2D eigenvalue weighted by atomic mass is 10.1. The van der Waals surface area contributed by atoms with Gasteiger partial charge in [-0.2, -0.15) is 0 Å². The molecule has 7 nitrogen and oxygen atoms in total. The maximum absolute atomic E-state index is 12.4. The molecule has 3 heterocycles. The predicted octanol–water partition coefficient (Wildman–Crippen LogP) is 1.74. The van der Waals surface area contributed by atoms with E-state index in [4.69, 9.17) is 0 Å². The Morgan fingerprint density at radius 1 is 1.15 bits per heavy atom. The van der Waals surface area contributed by atoms with Crippen molar-refractivity contribution >= 4 is 23.2 Å². The Hall–Kier alpha value is -3.00. The van der Waals surface area contributed by atoms with Crippen LogP contribution in [-0.4, -0.2) is 31.7 Å². The van der Waals surface area contributed by atoms with Gasteiger partial charge >= 0.3 is 0 Å². The zero-order chi connectivity index (χ0) is 18.6. The number of hydrogen-bond donors (Lipinski definition) is 1. The van der Waals surface area contributed by atoms with E-state index >= 15 is 0 Å². The van der Waals surface area contributed by atoms with E-state index in [1.165, 1.54) is 0 Å². The highest BCUT2D eigenvalue weighted by atomic mass is 32.1. The minimum atomic E-state index is -0.0489. The number of benzene rings is 1. The average molecular weight is 381 g/mol. The zero-order valence-corrected chi connectivity index (χ0v) is 15.5. The molecule has 1 aliphatic rings. The summed E-state index contributed by atoms with van der Waals surface area (Å²) in [6.07, 6.45) is 0.361. The fourth-order valence-corrected chi connectivity index (χ4v) is 3.77. The second kappa shape index (κ2) is 7.71. The van der Waals surface area contributed by atoms with Gasteiger partial charge in [-0.05, 0) is 17.0 Å². The third kappa shape index (κ3) is 4.06. The highest BCUT2D eigenvalue weighted by molar-refractivity contribution is 7.10. The van der Waals surface area contributed by atoms with Gasteiger partial charge < -0.3 is 10.2 Å². The summed E-state index contributed by atoms with van der Waals surface area (Å²) in [6.45, 7) is 1.48. The molecule has 0 fully saturated rings. The van der Waals surface area contributed by atoms with Gasteiger partial charge in [-0.3, -0.25) is 9.59 Å². The Morgan fingerprint density at radius 3 is 2.78 bits per heavy atom. The number of rotatable bonds is 6. The maximum Gasteiger partial charge on any atom is 0.245 e. The molecule has 0 unspecified atom stereocenters. The van der Waals surface area contributed by atoms with Crippen LogP contribution in [0.1, 0.15) is 21.8 Å². The molecular formula is C19H19N5O2S. The minimum Gasteiger partial charge on any atom is -0.350 e. The van der Waals surface area contributed by atoms with Crippen LogP contribution in [0.4, 0.5) is 0 Å². The molecule has 4 rings (SSSR count). The molecule has 8 heteroatoms. The minimum absolute atomic E-state index is 0.0181. The Bertz CT molecular complexity index is 936. The first-order valence-corrected chi connectivity index (χ1v) is 9.59. The Morgan fingerprint density at radius 2 is 2.00 bits per heavy atom. The number of nitrogens with one attached hydrogen (secondary N) is 1. The van der Waals surface area contributed by atoms with E-state index in [0.717, 1.165) is 16.1 Å². The van der Waals surface area contributed by atoms with Crippen LogP contribution in [0.2, 0.25) is 0 Å². The molecule has 0 radical (unpaired) electrons. The summed E-state index contributed by atoms with van der Waals surface area (Å²) in [5.74, 6) is -0.0308. The van der Waals surface area contributed by atoms with Gasteiger partial charge in [-0.1, -0.05) is 41.6 Å². The first kappa shape index (κ1) is 17.4.